The highest BCUT2D eigenvalue weighted by molar-refractivity contribution is 6.29. The monoisotopic (exact) mass is 920 g/mol. The second-order valence-corrected chi connectivity index (χ2v) is 19.1. The first-order valence-electron chi connectivity index (χ1n) is 24.6. The predicted molar refractivity (Wildman–Crippen MR) is 298 cm³/mol. The molecule has 0 bridgehead atoms. The Bertz CT molecular complexity index is 4740. The fourth-order valence-electron chi connectivity index (χ4n) is 12.1. The maximum Gasteiger partial charge on any atom is 0.159 e. The average Bonchev–Trinajstić information content (AvgIpc) is 4.22. The third-order valence-corrected chi connectivity index (χ3v) is 15.2. The van der Waals surface area contributed by atoms with E-state index in [1.54, 1.807) is 0 Å². The minimum atomic E-state index is 0.808. The molecule has 72 heavy (non-hydrogen) atoms. The van der Waals surface area contributed by atoms with Crippen LogP contribution in [-0.2, 0) is 6.42 Å². The maximum atomic E-state index is 7.03. The van der Waals surface area contributed by atoms with E-state index in [0.29, 0.717) is 0 Å². The number of rotatable bonds is 6. The Morgan fingerprint density at radius 2 is 0.792 bits per heavy atom. The molecule has 0 atom stereocenters. The zero-order valence-electron chi connectivity index (χ0n) is 38.8. The summed E-state index contributed by atoms with van der Waals surface area (Å²) in [6.45, 7) is 0. The summed E-state index contributed by atoms with van der Waals surface area (Å²) in [6, 6.07) is 82.4. The highest BCUT2D eigenvalue weighted by atomic mass is 16.3. The number of benzene rings is 12. The second kappa shape index (κ2) is 15.0. The Kier molecular flexibility index (Phi) is 8.16. The van der Waals surface area contributed by atoms with E-state index in [1.165, 1.54) is 33.0 Å². The van der Waals surface area contributed by atoms with Crippen LogP contribution in [0.1, 0.15) is 11.1 Å². The first-order chi connectivity index (χ1) is 35.7. The van der Waals surface area contributed by atoms with Crippen molar-refractivity contribution in [3.05, 3.63) is 242 Å². The molecule has 1 aliphatic rings. The molecule has 12 aromatic carbocycles. The summed E-state index contributed by atoms with van der Waals surface area (Å²) in [5, 5.41) is 13.5. The molecular weight excluding hydrogens is 881 g/mol. The molecule has 3 heterocycles. The van der Waals surface area contributed by atoms with Crippen molar-refractivity contribution in [2.75, 3.05) is 9.80 Å². The van der Waals surface area contributed by atoms with Gasteiger partial charge in [-0.2, -0.15) is 0 Å². The van der Waals surface area contributed by atoms with Crippen LogP contribution >= 0.6 is 0 Å². The van der Waals surface area contributed by atoms with Gasteiger partial charge in [0, 0.05) is 60.8 Å². The van der Waals surface area contributed by atoms with Gasteiger partial charge in [0.05, 0.1) is 17.1 Å². The van der Waals surface area contributed by atoms with Gasteiger partial charge in [-0.15, -0.1) is 0 Å². The topological polar surface area (TPSA) is 45.9 Å². The van der Waals surface area contributed by atoms with Crippen LogP contribution in [0, 0.1) is 0 Å². The van der Waals surface area contributed by atoms with Gasteiger partial charge in [0.1, 0.15) is 22.3 Å². The molecule has 16 rings (SSSR count). The summed E-state index contributed by atoms with van der Waals surface area (Å²) in [6.07, 6.45) is 0.891. The molecular formula is C67H40N2O3. The molecule has 336 valence electrons. The summed E-state index contributed by atoms with van der Waals surface area (Å²) >= 11 is 0. The first-order valence-corrected chi connectivity index (χ1v) is 24.6. The molecule has 0 unspecified atom stereocenters. The number of fused-ring (bicyclic) bond motifs is 19. The molecule has 0 radical (unpaired) electrons. The van der Waals surface area contributed by atoms with Crippen LogP contribution in [0.2, 0.25) is 0 Å². The van der Waals surface area contributed by atoms with Crippen LogP contribution in [-0.4, -0.2) is 0 Å². The predicted octanol–water partition coefficient (Wildman–Crippen LogP) is 19.4. The van der Waals surface area contributed by atoms with Crippen LogP contribution in [0.4, 0.5) is 34.1 Å². The third kappa shape index (κ3) is 5.64. The molecule has 3 aromatic heterocycles. The molecule has 15 aromatic rings. The van der Waals surface area contributed by atoms with Crippen molar-refractivity contribution < 1.29 is 13.3 Å². The minimum absolute atomic E-state index is 0.808. The standard InChI is InChI=1S/C67H40N2O3/c1-3-15-43(16-4-1)68(45-27-31-48-42(37-45)38-57-47-19-9-7-13-40(47)25-29-50(48)57)58-23-11-21-55-63-52-34-36-61-64(53(52)33-35-60(63)70-66(55)58)56-22-12-24-59(67(56)71-61)69(44-17-5-2-6-18-44)46-28-32-51-54-30-26-41-14-8-10-20-49(41)65(54)72-62(51)39-46/h1-37,39H,38H2. The van der Waals surface area contributed by atoms with E-state index in [1.807, 2.05) is 0 Å². The fourth-order valence-corrected chi connectivity index (χ4v) is 12.1. The van der Waals surface area contributed by atoms with Gasteiger partial charge in [-0.25, -0.2) is 0 Å². The largest absolute Gasteiger partial charge is 0.455 e. The summed E-state index contributed by atoms with van der Waals surface area (Å²) in [4.78, 5) is 4.63. The van der Waals surface area contributed by atoms with Gasteiger partial charge in [-0.3, -0.25) is 0 Å². The number of para-hydroxylation sites is 4. The lowest BCUT2D eigenvalue weighted by Crippen LogP contribution is -2.10. The summed E-state index contributed by atoms with van der Waals surface area (Å²) in [5.41, 5.74) is 16.5. The van der Waals surface area contributed by atoms with E-state index in [0.717, 1.165) is 128 Å². The Morgan fingerprint density at radius 1 is 0.292 bits per heavy atom. The van der Waals surface area contributed by atoms with Crippen molar-refractivity contribution in [2.45, 2.75) is 6.42 Å². The summed E-state index contributed by atoms with van der Waals surface area (Å²) in [5.74, 6) is 0. The Labute approximate surface area is 412 Å². The molecule has 0 fully saturated rings. The molecule has 0 N–H and O–H groups in total. The van der Waals surface area contributed by atoms with E-state index < -0.39 is 0 Å². The maximum absolute atomic E-state index is 7.03. The van der Waals surface area contributed by atoms with Crippen LogP contribution in [0.15, 0.2) is 244 Å². The van der Waals surface area contributed by atoms with Crippen molar-refractivity contribution >= 4 is 132 Å². The van der Waals surface area contributed by atoms with Gasteiger partial charge < -0.3 is 23.1 Å². The lowest BCUT2D eigenvalue weighted by molar-refractivity contribution is 0.668. The van der Waals surface area contributed by atoms with Crippen molar-refractivity contribution in [3.63, 3.8) is 0 Å². The first kappa shape index (κ1) is 39.3. The Balaban J connectivity index is 0.850. The number of nitrogens with zero attached hydrogens (tertiary/aromatic N) is 2. The van der Waals surface area contributed by atoms with E-state index in [9.17, 15) is 0 Å². The lowest BCUT2D eigenvalue weighted by Gasteiger charge is -2.26. The molecule has 5 nitrogen and oxygen atoms in total. The normalized spacial score (nSPS) is 12.4. The Hall–Kier alpha value is -9.58. The van der Waals surface area contributed by atoms with E-state index >= 15 is 0 Å². The quantitative estimate of drug-likeness (QED) is 0.166. The zero-order valence-corrected chi connectivity index (χ0v) is 38.8. The SMILES string of the molecule is c1ccc(N(c2ccc3c(c2)Cc2c-3ccc3ccccc23)c2cccc3c2oc2ccc4c(ccc5oc6c(N(c7ccccc7)c7ccc8c(c7)oc7c9ccccc9ccc87)cccc6c54)c23)cc1. The van der Waals surface area contributed by atoms with Gasteiger partial charge in [0.2, 0.25) is 0 Å². The molecule has 0 saturated carbocycles. The molecule has 0 amide bonds. The number of hydrogen-bond acceptors (Lipinski definition) is 5. The van der Waals surface area contributed by atoms with Gasteiger partial charge >= 0.3 is 0 Å². The van der Waals surface area contributed by atoms with Gasteiger partial charge in [0.25, 0.3) is 0 Å². The van der Waals surface area contributed by atoms with Gasteiger partial charge in [-0.05, 0) is 147 Å². The number of hydrogen-bond donors (Lipinski definition) is 0. The van der Waals surface area contributed by atoms with E-state index in [-0.39, 0.29) is 0 Å². The number of furan rings is 3. The fraction of sp³-hybridized carbons (Fsp3) is 0.0149. The van der Waals surface area contributed by atoms with Crippen LogP contribution < -0.4 is 9.80 Å². The van der Waals surface area contributed by atoms with E-state index in [4.69, 9.17) is 13.3 Å². The third-order valence-electron chi connectivity index (χ3n) is 15.2. The van der Waals surface area contributed by atoms with Gasteiger partial charge in [-0.1, -0.05) is 133 Å². The lowest BCUT2D eigenvalue weighted by atomic mass is 9.99. The second-order valence-electron chi connectivity index (χ2n) is 19.1. The Morgan fingerprint density at radius 3 is 1.46 bits per heavy atom. The van der Waals surface area contributed by atoms with Gasteiger partial charge in [0.15, 0.2) is 11.2 Å². The van der Waals surface area contributed by atoms with Crippen molar-refractivity contribution in [1.82, 2.24) is 0 Å². The van der Waals surface area contributed by atoms with Crippen molar-refractivity contribution in [1.29, 1.82) is 0 Å². The zero-order chi connectivity index (χ0) is 47.0. The molecule has 5 heteroatoms. The smallest absolute Gasteiger partial charge is 0.159 e. The minimum Gasteiger partial charge on any atom is -0.455 e. The molecule has 1 aliphatic carbocycles. The molecule has 0 saturated heterocycles. The van der Waals surface area contributed by atoms with Crippen LogP contribution in [0.25, 0.3) is 109 Å². The van der Waals surface area contributed by atoms with Crippen LogP contribution in [0.5, 0.6) is 0 Å². The van der Waals surface area contributed by atoms with Crippen molar-refractivity contribution in [3.8, 4) is 11.1 Å². The van der Waals surface area contributed by atoms with E-state index in [2.05, 4.69) is 240 Å². The molecule has 0 spiro atoms. The average molecular weight is 921 g/mol. The summed E-state index contributed by atoms with van der Waals surface area (Å²) < 4.78 is 20.7. The van der Waals surface area contributed by atoms with Crippen LogP contribution in [0.3, 0.4) is 0 Å². The highest BCUT2D eigenvalue weighted by Gasteiger charge is 2.27. The van der Waals surface area contributed by atoms with Crippen molar-refractivity contribution in [2.24, 2.45) is 0 Å². The molecule has 0 aliphatic heterocycles. The summed E-state index contributed by atoms with van der Waals surface area (Å²) in [7, 11) is 0. The number of anilines is 6. The highest BCUT2D eigenvalue weighted by Crippen LogP contribution is 2.50.